The first-order valence-electron chi connectivity index (χ1n) is 3.00. The van der Waals surface area contributed by atoms with E-state index in [0.29, 0.717) is 13.1 Å². The predicted octanol–water partition coefficient (Wildman–Crippen LogP) is 0.337. The number of hydroxylamine groups is 2. The molecule has 0 radical (unpaired) electrons. The molecule has 1 aliphatic heterocycles. The van der Waals surface area contributed by atoms with Crippen molar-refractivity contribution < 1.29 is 5.06 Å². The Kier molecular flexibility index (Phi) is 2.22. The van der Waals surface area contributed by atoms with Crippen molar-refractivity contribution in [1.82, 2.24) is 0 Å². The molecule has 1 rings (SSSR count). The van der Waals surface area contributed by atoms with E-state index in [9.17, 15) is 5.21 Å². The van der Waals surface area contributed by atoms with Gasteiger partial charge in [-0.3, -0.25) is 0 Å². The van der Waals surface area contributed by atoms with Crippen molar-refractivity contribution in [3.8, 4) is 0 Å². The molecule has 0 aromatic carbocycles. The van der Waals surface area contributed by atoms with Gasteiger partial charge in [-0.1, -0.05) is 23.2 Å². The van der Waals surface area contributed by atoms with Crippen LogP contribution in [-0.2, 0) is 0 Å². The number of quaternary nitrogens is 1. The molecule has 0 aromatic rings. The van der Waals surface area contributed by atoms with Gasteiger partial charge in [0.2, 0.25) is 0 Å². The second kappa shape index (κ2) is 2.62. The van der Waals surface area contributed by atoms with E-state index in [1.807, 2.05) is 0 Å². The van der Waals surface area contributed by atoms with Gasteiger partial charge in [-0.2, -0.15) is 0 Å². The van der Waals surface area contributed by atoms with Crippen LogP contribution in [0.5, 0.6) is 0 Å². The molecule has 0 amide bonds. The van der Waals surface area contributed by atoms with Crippen molar-refractivity contribution in [2.45, 2.75) is 17.2 Å². The van der Waals surface area contributed by atoms with E-state index in [2.05, 4.69) is 0 Å². The lowest BCUT2D eigenvalue weighted by atomic mass is 10.1. The highest BCUT2D eigenvalue weighted by Gasteiger charge is 2.30. The maximum Gasteiger partial charge on any atom is 0.167 e. The molecule has 0 saturated carbocycles. The molecule has 1 N–H and O–H groups in total. The fourth-order valence-corrected chi connectivity index (χ4v) is 1.57. The highest BCUT2D eigenvalue weighted by atomic mass is 35.5. The van der Waals surface area contributed by atoms with E-state index >= 15 is 0 Å². The van der Waals surface area contributed by atoms with Gasteiger partial charge in [-0.05, 0) is 12.8 Å². The van der Waals surface area contributed by atoms with Crippen LogP contribution in [0.25, 0.3) is 0 Å². The summed E-state index contributed by atoms with van der Waals surface area (Å²) in [6.07, 6.45) is 1.59. The summed E-state index contributed by atoms with van der Waals surface area (Å²) in [6, 6.07) is 0. The van der Waals surface area contributed by atoms with E-state index in [1.54, 1.807) is 0 Å². The van der Waals surface area contributed by atoms with E-state index < -0.39 is 4.33 Å². The predicted molar refractivity (Wildman–Crippen MR) is 37.7 cm³/mol. The summed E-state index contributed by atoms with van der Waals surface area (Å²) < 4.78 is -0.755. The zero-order valence-electron chi connectivity index (χ0n) is 4.99. The van der Waals surface area contributed by atoms with Crippen molar-refractivity contribution in [2.24, 2.45) is 0 Å². The Balaban J connectivity index is 2.41. The normalized spacial score (nSPS) is 34.3. The summed E-state index contributed by atoms with van der Waals surface area (Å²) in [5, 5.41) is 10.9. The van der Waals surface area contributed by atoms with E-state index in [-0.39, 0.29) is 5.06 Å². The molecule has 1 unspecified atom stereocenters. The first-order valence-corrected chi connectivity index (χ1v) is 3.75. The van der Waals surface area contributed by atoms with Crippen LogP contribution in [0.2, 0.25) is 0 Å². The van der Waals surface area contributed by atoms with Gasteiger partial charge >= 0.3 is 0 Å². The van der Waals surface area contributed by atoms with Crippen molar-refractivity contribution in [1.29, 1.82) is 0 Å². The minimum Gasteiger partial charge on any atom is -0.634 e. The third-order valence-electron chi connectivity index (χ3n) is 1.45. The Hall–Kier alpha value is 0.500. The minimum absolute atomic E-state index is 0.186. The molecule has 0 spiro atoms. The lowest BCUT2D eigenvalue weighted by Gasteiger charge is -2.33. The molecule has 1 heterocycles. The number of halogens is 2. The van der Waals surface area contributed by atoms with Crippen molar-refractivity contribution >= 4 is 23.2 Å². The second-order valence-electron chi connectivity index (χ2n) is 2.42. The summed E-state index contributed by atoms with van der Waals surface area (Å²) >= 11 is 11.4. The number of hydrogen-bond acceptors (Lipinski definition) is 1. The first kappa shape index (κ1) is 7.61. The topological polar surface area (TPSA) is 27.5 Å². The number of piperidine rings is 1. The SMILES string of the molecule is [O-][NH+]1CCCC(Cl)(Cl)C1. The molecule has 4 heteroatoms. The van der Waals surface area contributed by atoms with Crippen LogP contribution in [0, 0.1) is 5.21 Å². The number of hydrogen-bond donors (Lipinski definition) is 1. The van der Waals surface area contributed by atoms with Crippen LogP contribution < -0.4 is 5.06 Å². The summed E-state index contributed by atoms with van der Waals surface area (Å²) in [7, 11) is 0. The number of rotatable bonds is 0. The molecule has 1 aliphatic rings. The van der Waals surface area contributed by atoms with Gasteiger partial charge < -0.3 is 10.3 Å². The molecule has 0 bridgehead atoms. The summed E-state index contributed by atoms with van der Waals surface area (Å²) in [5.74, 6) is 0. The van der Waals surface area contributed by atoms with Crippen molar-refractivity contribution in [3.63, 3.8) is 0 Å². The standard InChI is InChI=1S/C5H9Cl2NO/c6-5(7)2-1-3-8(9)4-5/h8H,1-4H2. The lowest BCUT2D eigenvalue weighted by Crippen LogP contribution is -3.10. The molecular weight excluding hydrogens is 161 g/mol. The van der Waals surface area contributed by atoms with E-state index in [0.717, 1.165) is 12.8 Å². The van der Waals surface area contributed by atoms with Crippen LogP contribution in [0.1, 0.15) is 12.8 Å². The Bertz CT molecular complexity index is 107. The molecule has 0 aromatic heterocycles. The van der Waals surface area contributed by atoms with Gasteiger partial charge in [0.25, 0.3) is 0 Å². The van der Waals surface area contributed by atoms with Crippen molar-refractivity contribution in [2.75, 3.05) is 13.1 Å². The fourth-order valence-electron chi connectivity index (χ4n) is 1.01. The Labute approximate surface area is 64.3 Å². The molecule has 9 heavy (non-hydrogen) atoms. The van der Waals surface area contributed by atoms with Crippen LogP contribution in [0.4, 0.5) is 0 Å². The van der Waals surface area contributed by atoms with Gasteiger partial charge in [0.15, 0.2) is 4.33 Å². The second-order valence-corrected chi connectivity index (χ2v) is 4.07. The highest BCUT2D eigenvalue weighted by molar-refractivity contribution is 6.48. The van der Waals surface area contributed by atoms with Gasteiger partial charge in [0.1, 0.15) is 6.54 Å². The fraction of sp³-hybridized carbons (Fsp3) is 1.00. The van der Waals surface area contributed by atoms with Gasteiger partial charge in [0.05, 0.1) is 6.54 Å². The van der Waals surface area contributed by atoms with Gasteiger partial charge in [0, 0.05) is 0 Å². The van der Waals surface area contributed by atoms with Gasteiger partial charge in [-0.15, -0.1) is 0 Å². The molecule has 54 valence electrons. The summed E-state index contributed by atoms with van der Waals surface area (Å²) in [6.45, 7) is 0.983. The van der Waals surface area contributed by atoms with E-state index in [4.69, 9.17) is 23.2 Å². The van der Waals surface area contributed by atoms with Crippen LogP contribution in [0.3, 0.4) is 0 Å². The Morgan fingerprint density at radius 2 is 2.11 bits per heavy atom. The minimum atomic E-state index is -0.755. The maximum absolute atomic E-state index is 10.7. The maximum atomic E-state index is 10.7. The Morgan fingerprint density at radius 1 is 1.44 bits per heavy atom. The average Bonchev–Trinajstić information content (AvgIpc) is 1.60. The van der Waals surface area contributed by atoms with Crippen LogP contribution in [-0.4, -0.2) is 17.4 Å². The molecule has 1 atom stereocenters. The van der Waals surface area contributed by atoms with Crippen molar-refractivity contribution in [3.05, 3.63) is 5.21 Å². The molecule has 0 aliphatic carbocycles. The molecule has 2 nitrogen and oxygen atoms in total. The number of nitrogens with one attached hydrogen (secondary N) is 1. The average molecular weight is 170 g/mol. The summed E-state index contributed by atoms with van der Waals surface area (Å²) in [4.78, 5) is 0. The zero-order chi connectivity index (χ0) is 6.91. The smallest absolute Gasteiger partial charge is 0.167 e. The van der Waals surface area contributed by atoms with E-state index in [1.165, 1.54) is 0 Å². The number of alkyl halides is 2. The third-order valence-corrected chi connectivity index (χ3v) is 2.10. The molecular formula is C5H9Cl2NO. The monoisotopic (exact) mass is 169 g/mol. The largest absolute Gasteiger partial charge is 0.634 e. The molecule has 1 saturated heterocycles. The first-order chi connectivity index (χ1) is 4.10. The molecule has 1 fully saturated rings. The highest BCUT2D eigenvalue weighted by Crippen LogP contribution is 2.26. The van der Waals surface area contributed by atoms with Crippen LogP contribution >= 0.6 is 23.2 Å². The zero-order valence-corrected chi connectivity index (χ0v) is 6.50. The third kappa shape index (κ3) is 2.30. The Morgan fingerprint density at radius 3 is 2.44 bits per heavy atom. The van der Waals surface area contributed by atoms with Gasteiger partial charge in [-0.25, -0.2) is 0 Å². The summed E-state index contributed by atoms with van der Waals surface area (Å²) in [5.41, 5.74) is 0. The lowest BCUT2D eigenvalue weighted by molar-refractivity contribution is -0.854. The quantitative estimate of drug-likeness (QED) is 0.412. The van der Waals surface area contributed by atoms with Crippen LogP contribution in [0.15, 0.2) is 0 Å².